The van der Waals surface area contributed by atoms with E-state index < -0.39 is 64.9 Å². The maximum absolute atomic E-state index is 14.7. The first-order valence-corrected chi connectivity index (χ1v) is 9.73. The number of alkyl halides is 7. The third-order valence-electron chi connectivity index (χ3n) is 4.85. The normalized spacial score (nSPS) is 12.7. The predicted octanol–water partition coefficient (Wildman–Crippen LogP) is 4.97. The highest BCUT2D eigenvalue weighted by Crippen LogP contribution is 2.35. The molecule has 0 atom stereocenters. The molecule has 1 heterocycles. The van der Waals surface area contributed by atoms with Gasteiger partial charge in [-0.25, -0.2) is 4.79 Å². The molecule has 13 heteroatoms. The number of aromatic nitrogens is 2. The van der Waals surface area contributed by atoms with Crippen LogP contribution < -0.4 is 11.2 Å². The van der Waals surface area contributed by atoms with Gasteiger partial charge in [0.2, 0.25) is 5.88 Å². The lowest BCUT2D eigenvalue weighted by Crippen LogP contribution is -2.44. The molecule has 5 nitrogen and oxygen atoms in total. The molecule has 2 aromatic carbocycles. The number of hydrogen-bond acceptors (Lipinski definition) is 3. The van der Waals surface area contributed by atoms with Crippen molar-refractivity contribution in [2.24, 2.45) is 0 Å². The molecule has 0 aliphatic carbocycles. The largest absolute Gasteiger partial charge is 0.494 e. The van der Waals surface area contributed by atoms with Crippen molar-refractivity contribution < 1.29 is 35.8 Å². The van der Waals surface area contributed by atoms with Crippen LogP contribution in [0, 0.1) is 0 Å². The standard InChI is InChI=1S/C21H14ClF7N2O3/c22-15-3-1-2-14(8-15)20(25,26)11-31-17(33)9-16(32)30(18(31)34)10-19(23,24)12-4-6-13(7-5-12)21(27,28)29/h1-9,32H,10-11H2. The predicted molar refractivity (Wildman–Crippen MR) is 107 cm³/mol. The van der Waals surface area contributed by atoms with Crippen LogP contribution >= 0.6 is 11.6 Å². The molecule has 34 heavy (non-hydrogen) atoms. The van der Waals surface area contributed by atoms with Crippen molar-refractivity contribution in [3.63, 3.8) is 0 Å². The summed E-state index contributed by atoms with van der Waals surface area (Å²) in [5.41, 5.74) is -5.82. The zero-order chi connectivity index (χ0) is 25.5. The van der Waals surface area contributed by atoms with Crippen LogP contribution in [0.25, 0.3) is 0 Å². The molecule has 0 aliphatic rings. The van der Waals surface area contributed by atoms with E-state index in [0.29, 0.717) is 30.3 Å². The monoisotopic (exact) mass is 510 g/mol. The van der Waals surface area contributed by atoms with Gasteiger partial charge in [0, 0.05) is 16.1 Å². The van der Waals surface area contributed by atoms with Crippen LogP contribution in [0.15, 0.2) is 64.2 Å². The van der Waals surface area contributed by atoms with Crippen LogP contribution in [0.4, 0.5) is 30.7 Å². The molecule has 3 aromatic rings. The Labute approximate surface area is 191 Å². The Hall–Kier alpha value is -3.28. The number of aromatic hydroxyl groups is 1. The van der Waals surface area contributed by atoms with E-state index >= 15 is 0 Å². The van der Waals surface area contributed by atoms with E-state index in [2.05, 4.69) is 0 Å². The van der Waals surface area contributed by atoms with Crippen molar-refractivity contribution >= 4 is 11.6 Å². The molecule has 0 radical (unpaired) electrons. The molecule has 0 aliphatic heterocycles. The summed E-state index contributed by atoms with van der Waals surface area (Å²) in [6, 6.07) is 6.45. The molecule has 0 amide bonds. The van der Waals surface area contributed by atoms with E-state index in [1.165, 1.54) is 12.1 Å². The molecular formula is C21H14ClF7N2O3. The number of benzene rings is 2. The molecule has 1 N–H and O–H groups in total. The van der Waals surface area contributed by atoms with Gasteiger partial charge in [0.25, 0.3) is 17.4 Å². The molecule has 3 rings (SSSR count). The van der Waals surface area contributed by atoms with Crippen LogP contribution in [0.1, 0.15) is 16.7 Å². The van der Waals surface area contributed by atoms with Gasteiger partial charge in [-0.1, -0.05) is 35.9 Å². The summed E-state index contributed by atoms with van der Waals surface area (Å²) in [5, 5.41) is 9.82. The van der Waals surface area contributed by atoms with Crippen LogP contribution in [-0.4, -0.2) is 14.2 Å². The minimum atomic E-state index is -4.77. The van der Waals surface area contributed by atoms with Gasteiger partial charge in [0.15, 0.2) is 0 Å². The van der Waals surface area contributed by atoms with Crippen molar-refractivity contribution in [2.75, 3.05) is 0 Å². The summed E-state index contributed by atoms with van der Waals surface area (Å²) in [4.78, 5) is 24.7. The smallest absolute Gasteiger partial charge is 0.416 e. The number of nitrogens with zero attached hydrogens (tertiary/aromatic N) is 2. The maximum Gasteiger partial charge on any atom is 0.416 e. The summed E-state index contributed by atoms with van der Waals surface area (Å²) in [6.45, 7) is -3.18. The topological polar surface area (TPSA) is 64.2 Å². The van der Waals surface area contributed by atoms with Crippen molar-refractivity contribution in [2.45, 2.75) is 31.1 Å². The van der Waals surface area contributed by atoms with Crippen LogP contribution in [0.5, 0.6) is 5.88 Å². The number of rotatable bonds is 6. The lowest BCUT2D eigenvalue weighted by Gasteiger charge is -2.22. The van der Waals surface area contributed by atoms with Crippen LogP contribution in [0.2, 0.25) is 5.02 Å². The van der Waals surface area contributed by atoms with Crippen molar-refractivity contribution in [3.8, 4) is 5.88 Å². The van der Waals surface area contributed by atoms with Gasteiger partial charge in [-0.15, -0.1) is 0 Å². The van der Waals surface area contributed by atoms with Gasteiger partial charge in [-0.05, 0) is 24.3 Å². The van der Waals surface area contributed by atoms with E-state index in [9.17, 15) is 45.4 Å². The summed E-state index contributed by atoms with van der Waals surface area (Å²) in [7, 11) is 0. The Morgan fingerprint density at radius 1 is 0.735 bits per heavy atom. The zero-order valence-corrected chi connectivity index (χ0v) is 17.5. The number of hydrogen-bond donors (Lipinski definition) is 1. The maximum atomic E-state index is 14.7. The number of halogens is 8. The van der Waals surface area contributed by atoms with Gasteiger partial charge in [0.1, 0.15) is 0 Å². The molecule has 0 saturated carbocycles. The van der Waals surface area contributed by atoms with Crippen molar-refractivity contribution in [1.82, 2.24) is 9.13 Å². The van der Waals surface area contributed by atoms with Gasteiger partial charge >= 0.3 is 11.9 Å². The molecule has 0 unspecified atom stereocenters. The third-order valence-corrected chi connectivity index (χ3v) is 5.09. The second-order valence-corrected chi connectivity index (χ2v) is 7.73. The lowest BCUT2D eigenvalue weighted by molar-refractivity contribution is -0.137. The molecule has 0 bridgehead atoms. The quantitative estimate of drug-likeness (QED) is 0.476. The SMILES string of the molecule is O=c1cc(O)n(CC(F)(F)c2ccc(C(F)(F)F)cc2)c(=O)n1CC(F)(F)c1cccc(Cl)c1. The Balaban J connectivity index is 1.98. The highest BCUT2D eigenvalue weighted by atomic mass is 35.5. The van der Waals surface area contributed by atoms with Crippen molar-refractivity contribution in [1.29, 1.82) is 0 Å². The first-order chi connectivity index (χ1) is 15.6. The highest BCUT2D eigenvalue weighted by molar-refractivity contribution is 6.30. The average molecular weight is 511 g/mol. The molecule has 0 fully saturated rings. The fourth-order valence-corrected chi connectivity index (χ4v) is 3.29. The second-order valence-electron chi connectivity index (χ2n) is 7.29. The van der Waals surface area contributed by atoms with E-state index in [0.717, 1.165) is 12.1 Å². The van der Waals surface area contributed by atoms with Crippen LogP contribution in [0.3, 0.4) is 0 Å². The van der Waals surface area contributed by atoms with Crippen LogP contribution in [-0.2, 0) is 31.1 Å². The molecule has 1 aromatic heterocycles. The Bertz CT molecular complexity index is 1320. The van der Waals surface area contributed by atoms with Gasteiger partial charge in [-0.3, -0.25) is 13.9 Å². The van der Waals surface area contributed by atoms with E-state index in [4.69, 9.17) is 11.6 Å². The minimum Gasteiger partial charge on any atom is -0.494 e. The average Bonchev–Trinajstić information content (AvgIpc) is 2.74. The minimum absolute atomic E-state index is 0.0207. The lowest BCUT2D eigenvalue weighted by atomic mass is 10.1. The molecule has 0 saturated heterocycles. The molecule has 0 spiro atoms. The van der Waals surface area contributed by atoms with Gasteiger partial charge in [0.05, 0.1) is 24.7 Å². The highest BCUT2D eigenvalue weighted by Gasteiger charge is 2.38. The Morgan fingerprint density at radius 2 is 1.26 bits per heavy atom. The Kier molecular flexibility index (Phi) is 6.57. The summed E-state index contributed by atoms with van der Waals surface area (Å²) >= 11 is 5.68. The fraction of sp³-hybridized carbons (Fsp3) is 0.238. The summed E-state index contributed by atoms with van der Waals surface area (Å²) in [6.07, 6.45) is -4.77. The van der Waals surface area contributed by atoms with Gasteiger partial charge < -0.3 is 5.11 Å². The van der Waals surface area contributed by atoms with E-state index in [1.807, 2.05) is 0 Å². The van der Waals surface area contributed by atoms with E-state index in [1.54, 1.807) is 0 Å². The third kappa shape index (κ3) is 5.27. The zero-order valence-electron chi connectivity index (χ0n) is 16.8. The summed E-state index contributed by atoms with van der Waals surface area (Å²) < 4.78 is 96.7. The molecule has 182 valence electrons. The summed E-state index contributed by atoms with van der Waals surface area (Å²) in [5.74, 6) is -9.06. The fourth-order valence-electron chi connectivity index (χ4n) is 3.10. The second kappa shape index (κ2) is 8.82. The van der Waals surface area contributed by atoms with Gasteiger partial charge in [-0.2, -0.15) is 30.7 Å². The van der Waals surface area contributed by atoms with E-state index in [-0.39, 0.29) is 14.2 Å². The van der Waals surface area contributed by atoms with Crippen molar-refractivity contribution in [3.05, 3.63) is 97.1 Å². The Morgan fingerprint density at radius 3 is 1.82 bits per heavy atom. The first kappa shape index (κ1) is 25.3. The molecular weight excluding hydrogens is 497 g/mol. The first-order valence-electron chi connectivity index (χ1n) is 9.35.